The monoisotopic (exact) mass is 318 g/mol. The number of carbonyl (C=O) groups is 1. The summed E-state index contributed by atoms with van der Waals surface area (Å²) in [5.41, 5.74) is 0. The summed E-state index contributed by atoms with van der Waals surface area (Å²) in [6.07, 6.45) is 4.89. The number of aromatic nitrogens is 3. The van der Waals surface area contributed by atoms with Crippen molar-refractivity contribution in [3.05, 3.63) is 34.8 Å². The third-order valence-corrected chi connectivity index (χ3v) is 4.71. The van der Waals surface area contributed by atoms with E-state index in [0.717, 1.165) is 18.0 Å². The fourth-order valence-electron chi connectivity index (χ4n) is 2.92. The van der Waals surface area contributed by atoms with Gasteiger partial charge in [0.15, 0.2) is 4.77 Å². The first kappa shape index (κ1) is 13.8. The zero-order chi connectivity index (χ0) is 15.1. The molecule has 0 radical (unpaired) electrons. The van der Waals surface area contributed by atoms with E-state index >= 15 is 0 Å². The summed E-state index contributed by atoms with van der Waals surface area (Å²) in [4.78, 5) is 12.1. The molecule has 0 aliphatic heterocycles. The van der Waals surface area contributed by atoms with Gasteiger partial charge >= 0.3 is 0 Å². The number of hydrogen-bond donors (Lipinski definition) is 2. The van der Waals surface area contributed by atoms with Crippen LogP contribution >= 0.6 is 12.2 Å². The molecule has 2 aliphatic rings. The zero-order valence-electron chi connectivity index (χ0n) is 12.1. The first-order valence-corrected chi connectivity index (χ1v) is 8.11. The van der Waals surface area contributed by atoms with Gasteiger partial charge in [-0.25, -0.2) is 0 Å². The molecule has 116 valence electrons. The fourth-order valence-corrected chi connectivity index (χ4v) is 3.15. The largest absolute Gasteiger partial charge is 0.469 e. The lowest BCUT2D eigenvalue weighted by Gasteiger charge is -2.07. The summed E-state index contributed by atoms with van der Waals surface area (Å²) < 4.78 is 8.00. The van der Waals surface area contributed by atoms with Crippen LogP contribution in [-0.2, 0) is 11.3 Å². The standard InChI is InChI=1S/C15H18N4O2S/c20-14(11-8-10(11)12-2-1-7-21-12)16-5-6-19-13(9-3-4-9)17-18-15(19)22/h1-2,7,9-11H,3-6,8H2,(H,16,20)(H,18,22)/t10-,11+/m1/s1. The van der Waals surface area contributed by atoms with Gasteiger partial charge in [0.05, 0.1) is 6.26 Å². The Kier molecular flexibility index (Phi) is 3.37. The molecule has 0 spiro atoms. The summed E-state index contributed by atoms with van der Waals surface area (Å²) in [5.74, 6) is 2.87. The lowest BCUT2D eigenvalue weighted by Crippen LogP contribution is -2.29. The van der Waals surface area contributed by atoms with Crippen molar-refractivity contribution in [3.63, 3.8) is 0 Å². The van der Waals surface area contributed by atoms with Gasteiger partial charge in [0, 0.05) is 30.8 Å². The van der Waals surface area contributed by atoms with Crippen molar-refractivity contribution in [2.45, 2.75) is 37.6 Å². The van der Waals surface area contributed by atoms with Crippen molar-refractivity contribution in [1.82, 2.24) is 20.1 Å². The van der Waals surface area contributed by atoms with Crippen LogP contribution in [0.1, 0.15) is 42.7 Å². The third kappa shape index (κ3) is 2.61. The van der Waals surface area contributed by atoms with Crippen LogP contribution in [0.3, 0.4) is 0 Å². The maximum atomic E-state index is 12.1. The number of H-pyrrole nitrogens is 1. The van der Waals surface area contributed by atoms with E-state index in [0.29, 0.717) is 23.8 Å². The van der Waals surface area contributed by atoms with Gasteiger partial charge in [-0.05, 0) is 43.6 Å². The average molecular weight is 318 g/mol. The molecule has 2 aliphatic carbocycles. The van der Waals surface area contributed by atoms with Crippen LogP contribution in [0.2, 0.25) is 0 Å². The van der Waals surface area contributed by atoms with Crippen LogP contribution in [0, 0.1) is 10.7 Å². The predicted octanol–water partition coefficient (Wildman–Crippen LogP) is 2.33. The lowest BCUT2D eigenvalue weighted by atomic mass is 10.2. The molecule has 2 atom stereocenters. The van der Waals surface area contributed by atoms with Crippen molar-refractivity contribution in [1.29, 1.82) is 0 Å². The summed E-state index contributed by atoms with van der Waals surface area (Å²) in [6, 6.07) is 3.80. The number of hydrogen-bond acceptors (Lipinski definition) is 4. The summed E-state index contributed by atoms with van der Waals surface area (Å²) in [7, 11) is 0. The Hall–Kier alpha value is -1.89. The summed E-state index contributed by atoms with van der Waals surface area (Å²) >= 11 is 5.26. The highest BCUT2D eigenvalue weighted by atomic mass is 32.1. The van der Waals surface area contributed by atoms with Crippen molar-refractivity contribution in [2.75, 3.05) is 6.54 Å². The minimum absolute atomic E-state index is 0.0476. The number of carbonyl (C=O) groups excluding carboxylic acids is 1. The number of furan rings is 1. The quantitative estimate of drug-likeness (QED) is 0.802. The predicted molar refractivity (Wildman–Crippen MR) is 82.0 cm³/mol. The van der Waals surface area contributed by atoms with Crippen LogP contribution in [0.15, 0.2) is 22.8 Å². The first-order valence-electron chi connectivity index (χ1n) is 7.70. The van der Waals surface area contributed by atoms with Gasteiger partial charge in [0.2, 0.25) is 5.91 Å². The Bertz CT molecular complexity index is 729. The van der Waals surface area contributed by atoms with E-state index in [1.165, 1.54) is 12.8 Å². The van der Waals surface area contributed by atoms with Gasteiger partial charge in [-0.1, -0.05) is 0 Å². The van der Waals surface area contributed by atoms with Crippen LogP contribution in [-0.4, -0.2) is 27.2 Å². The highest BCUT2D eigenvalue weighted by Crippen LogP contribution is 2.47. The second-order valence-electron chi connectivity index (χ2n) is 6.07. The van der Waals surface area contributed by atoms with Crippen molar-refractivity contribution < 1.29 is 9.21 Å². The van der Waals surface area contributed by atoms with E-state index in [-0.39, 0.29) is 17.7 Å². The number of aromatic amines is 1. The van der Waals surface area contributed by atoms with Gasteiger partial charge in [0.1, 0.15) is 11.6 Å². The second-order valence-corrected chi connectivity index (χ2v) is 6.45. The molecule has 2 heterocycles. The van der Waals surface area contributed by atoms with Crippen LogP contribution in [0.4, 0.5) is 0 Å². The van der Waals surface area contributed by atoms with Crippen LogP contribution < -0.4 is 5.32 Å². The minimum Gasteiger partial charge on any atom is -0.469 e. The zero-order valence-corrected chi connectivity index (χ0v) is 12.9. The van der Waals surface area contributed by atoms with E-state index < -0.39 is 0 Å². The van der Waals surface area contributed by atoms with E-state index in [4.69, 9.17) is 16.6 Å². The number of amides is 1. The molecule has 0 unspecified atom stereocenters. The van der Waals surface area contributed by atoms with Crippen LogP contribution in [0.5, 0.6) is 0 Å². The number of nitrogens with one attached hydrogen (secondary N) is 2. The fraction of sp³-hybridized carbons (Fsp3) is 0.533. The van der Waals surface area contributed by atoms with Crippen LogP contribution in [0.25, 0.3) is 0 Å². The van der Waals surface area contributed by atoms with E-state index in [1.807, 2.05) is 16.7 Å². The Morgan fingerprint density at radius 1 is 1.55 bits per heavy atom. The molecule has 7 heteroatoms. The minimum atomic E-state index is 0.0476. The topological polar surface area (TPSA) is 75.8 Å². The molecular formula is C15H18N4O2S. The first-order chi connectivity index (χ1) is 10.7. The van der Waals surface area contributed by atoms with Crippen molar-refractivity contribution >= 4 is 18.1 Å². The third-order valence-electron chi connectivity index (χ3n) is 4.40. The molecular weight excluding hydrogens is 300 g/mol. The Balaban J connectivity index is 1.30. The molecule has 1 amide bonds. The maximum absolute atomic E-state index is 12.1. The van der Waals surface area contributed by atoms with E-state index in [9.17, 15) is 4.79 Å². The van der Waals surface area contributed by atoms with Gasteiger partial charge in [-0.3, -0.25) is 9.89 Å². The van der Waals surface area contributed by atoms with E-state index in [2.05, 4.69) is 15.5 Å². The molecule has 0 saturated heterocycles. The summed E-state index contributed by atoms with van der Waals surface area (Å²) in [5, 5.41) is 10.1. The molecule has 2 N–H and O–H groups in total. The van der Waals surface area contributed by atoms with Gasteiger partial charge in [0.25, 0.3) is 0 Å². The maximum Gasteiger partial charge on any atom is 0.223 e. The molecule has 2 saturated carbocycles. The Morgan fingerprint density at radius 2 is 2.41 bits per heavy atom. The Morgan fingerprint density at radius 3 is 3.14 bits per heavy atom. The smallest absolute Gasteiger partial charge is 0.223 e. The molecule has 0 bridgehead atoms. The number of nitrogens with zero attached hydrogens (tertiary/aromatic N) is 2. The number of rotatable bonds is 6. The molecule has 22 heavy (non-hydrogen) atoms. The van der Waals surface area contributed by atoms with Crippen molar-refractivity contribution in [3.8, 4) is 0 Å². The second kappa shape index (κ2) is 5.39. The van der Waals surface area contributed by atoms with Gasteiger partial charge in [-0.2, -0.15) is 5.10 Å². The molecule has 6 nitrogen and oxygen atoms in total. The summed E-state index contributed by atoms with van der Waals surface area (Å²) in [6.45, 7) is 1.25. The molecule has 2 aromatic heterocycles. The highest BCUT2D eigenvalue weighted by molar-refractivity contribution is 7.71. The van der Waals surface area contributed by atoms with Crippen molar-refractivity contribution in [2.24, 2.45) is 5.92 Å². The highest BCUT2D eigenvalue weighted by Gasteiger charge is 2.45. The normalized spacial score (nSPS) is 23.5. The average Bonchev–Trinajstić information content (AvgIpc) is 3.43. The lowest BCUT2D eigenvalue weighted by molar-refractivity contribution is -0.122. The molecule has 0 aromatic carbocycles. The molecule has 2 aromatic rings. The van der Waals surface area contributed by atoms with Gasteiger partial charge < -0.3 is 14.3 Å². The SMILES string of the molecule is O=C(NCCn1c(C2CC2)n[nH]c1=S)[C@H]1C[C@H]1c1ccco1. The van der Waals surface area contributed by atoms with Gasteiger partial charge in [-0.15, -0.1) is 0 Å². The molecule has 2 fully saturated rings. The Labute approximate surface area is 132 Å². The van der Waals surface area contributed by atoms with E-state index in [1.54, 1.807) is 6.26 Å². The molecule has 4 rings (SSSR count).